The fourth-order valence-electron chi connectivity index (χ4n) is 4.47. The minimum absolute atomic E-state index is 0. The molecule has 0 aromatic heterocycles. The van der Waals surface area contributed by atoms with Gasteiger partial charge in [-0.05, 0) is 61.4 Å². The maximum Gasteiger partial charge on any atom is 0.240 e. The molecule has 4 amide bonds. The van der Waals surface area contributed by atoms with E-state index in [1.165, 1.54) is 36.4 Å². The van der Waals surface area contributed by atoms with Crippen LogP contribution in [-0.2, 0) is 32.7 Å². The SMILES string of the molecule is Cc1cc(O)ccc1N1C(=O)c2c[c-]ccc2C1=O.Cc1cc(O)ccc1N1C(=O)c2c[c-]ccc2C1=O.[Y]. The molecule has 2 N–H and O–H groups in total. The fourth-order valence-corrected chi connectivity index (χ4v) is 4.47. The quantitative estimate of drug-likeness (QED) is 0.260. The average molecular weight is 593 g/mol. The second-order valence-corrected chi connectivity index (χ2v) is 8.78. The summed E-state index contributed by atoms with van der Waals surface area (Å²) in [6.07, 6.45) is 0. The Morgan fingerprint density at radius 2 is 0.923 bits per heavy atom. The first-order valence-electron chi connectivity index (χ1n) is 11.6. The largest absolute Gasteiger partial charge is 0.508 e. The summed E-state index contributed by atoms with van der Waals surface area (Å²) in [7, 11) is 0. The molecule has 0 spiro atoms. The Hall–Kier alpha value is -4.14. The number of carbonyl (C=O) groups is 4. The van der Waals surface area contributed by atoms with E-state index in [-0.39, 0.29) is 67.8 Å². The van der Waals surface area contributed by atoms with Crippen molar-refractivity contribution in [3.8, 4) is 11.5 Å². The molecule has 191 valence electrons. The first-order chi connectivity index (χ1) is 18.2. The third-order valence-corrected chi connectivity index (χ3v) is 6.30. The van der Waals surface area contributed by atoms with Gasteiger partial charge in [0.2, 0.25) is 23.6 Å². The van der Waals surface area contributed by atoms with Crippen molar-refractivity contribution in [1.29, 1.82) is 0 Å². The van der Waals surface area contributed by atoms with E-state index in [2.05, 4.69) is 12.1 Å². The Labute approximate surface area is 249 Å². The van der Waals surface area contributed by atoms with Gasteiger partial charge in [-0.1, -0.05) is 22.3 Å². The molecule has 0 bridgehead atoms. The van der Waals surface area contributed by atoms with Crippen LogP contribution < -0.4 is 9.80 Å². The van der Waals surface area contributed by atoms with Gasteiger partial charge >= 0.3 is 0 Å². The van der Waals surface area contributed by atoms with Crippen LogP contribution in [0.15, 0.2) is 72.8 Å². The number of hydrogen-bond donors (Lipinski definition) is 2. The van der Waals surface area contributed by atoms with Gasteiger partial charge in [-0.3, -0.25) is 29.0 Å². The number of anilines is 2. The minimum Gasteiger partial charge on any atom is -0.508 e. The molecule has 2 aliphatic rings. The molecule has 0 saturated carbocycles. The molecule has 9 heteroatoms. The predicted molar refractivity (Wildman–Crippen MR) is 139 cm³/mol. The topological polar surface area (TPSA) is 115 Å². The third kappa shape index (κ3) is 4.89. The summed E-state index contributed by atoms with van der Waals surface area (Å²) in [5.41, 5.74) is 3.80. The van der Waals surface area contributed by atoms with Gasteiger partial charge in [-0.2, -0.15) is 48.5 Å². The van der Waals surface area contributed by atoms with E-state index < -0.39 is 0 Å². The van der Waals surface area contributed by atoms with Crippen LogP contribution in [0.4, 0.5) is 11.4 Å². The molecule has 4 aromatic rings. The third-order valence-electron chi connectivity index (χ3n) is 6.30. The fraction of sp³-hybridized carbons (Fsp3) is 0.0667. The molecule has 1 radical (unpaired) electrons. The molecule has 8 nitrogen and oxygen atoms in total. The van der Waals surface area contributed by atoms with Crippen LogP contribution in [-0.4, -0.2) is 33.8 Å². The smallest absolute Gasteiger partial charge is 0.240 e. The van der Waals surface area contributed by atoms with Crippen molar-refractivity contribution < 1.29 is 62.1 Å². The summed E-state index contributed by atoms with van der Waals surface area (Å²) in [6, 6.07) is 24.1. The number of imide groups is 2. The summed E-state index contributed by atoms with van der Waals surface area (Å²) < 4.78 is 0. The maximum atomic E-state index is 12.3. The Morgan fingerprint density at radius 1 is 0.564 bits per heavy atom. The van der Waals surface area contributed by atoms with Gasteiger partial charge in [0.05, 0.1) is 11.4 Å². The molecule has 0 aliphatic carbocycles. The van der Waals surface area contributed by atoms with E-state index in [1.807, 2.05) is 0 Å². The standard InChI is InChI=1S/2C15H10NO3.Y/c2*1-9-8-10(17)6-7-13(9)16-14(18)11-4-2-3-5-12(11)15(16)19;/h2*2,4-8,17H,1H3;/q2*-1;. The van der Waals surface area contributed by atoms with Crippen LogP contribution in [0.1, 0.15) is 52.6 Å². The predicted octanol–water partition coefficient (Wildman–Crippen LogP) is 4.60. The van der Waals surface area contributed by atoms with E-state index >= 15 is 0 Å². The molecule has 0 fully saturated rings. The molecular weight excluding hydrogens is 573 g/mol. The number of rotatable bonds is 2. The van der Waals surface area contributed by atoms with E-state index in [0.717, 1.165) is 9.80 Å². The zero-order valence-corrected chi connectivity index (χ0v) is 23.8. The zero-order chi connectivity index (χ0) is 27.1. The van der Waals surface area contributed by atoms with Crippen LogP contribution in [0.5, 0.6) is 11.5 Å². The molecule has 2 heterocycles. The first-order valence-corrected chi connectivity index (χ1v) is 11.6. The van der Waals surface area contributed by atoms with Gasteiger partial charge in [0.1, 0.15) is 11.5 Å². The number of nitrogens with zero attached hydrogens (tertiary/aromatic N) is 2. The Kier molecular flexibility index (Phi) is 7.81. The monoisotopic (exact) mass is 593 g/mol. The molecule has 6 rings (SSSR count). The normalized spacial score (nSPS) is 13.5. The number of aromatic hydroxyl groups is 2. The molecule has 0 saturated heterocycles. The van der Waals surface area contributed by atoms with Crippen molar-refractivity contribution in [1.82, 2.24) is 0 Å². The summed E-state index contributed by atoms with van der Waals surface area (Å²) >= 11 is 0. The molecular formula is C30H20N2O6Y-2. The van der Waals surface area contributed by atoms with Crippen LogP contribution >= 0.6 is 0 Å². The van der Waals surface area contributed by atoms with Crippen molar-refractivity contribution in [3.05, 3.63) is 118 Å². The van der Waals surface area contributed by atoms with E-state index in [1.54, 1.807) is 50.2 Å². The average Bonchev–Trinajstić information content (AvgIpc) is 3.30. The Morgan fingerprint density at radius 3 is 1.26 bits per heavy atom. The van der Waals surface area contributed by atoms with Gasteiger partial charge in [-0.15, -0.1) is 0 Å². The molecule has 2 aliphatic heterocycles. The number of phenolic OH excluding ortho intramolecular Hbond substituents is 2. The van der Waals surface area contributed by atoms with Gasteiger partial charge in [0, 0.05) is 32.7 Å². The summed E-state index contributed by atoms with van der Waals surface area (Å²) in [6.45, 7) is 3.48. The number of hydrogen-bond acceptors (Lipinski definition) is 6. The van der Waals surface area contributed by atoms with E-state index in [4.69, 9.17) is 0 Å². The number of phenols is 2. The summed E-state index contributed by atoms with van der Waals surface area (Å²) in [4.78, 5) is 51.3. The molecule has 0 atom stereocenters. The van der Waals surface area contributed by atoms with Crippen LogP contribution in [0, 0.1) is 26.0 Å². The van der Waals surface area contributed by atoms with Crippen molar-refractivity contribution in [2.75, 3.05) is 9.80 Å². The Balaban J connectivity index is 0.000000176. The van der Waals surface area contributed by atoms with Crippen molar-refractivity contribution >= 4 is 35.0 Å². The first kappa shape index (κ1) is 27.9. The number of aryl methyl sites for hydroxylation is 2. The van der Waals surface area contributed by atoms with Crippen molar-refractivity contribution in [2.45, 2.75) is 13.8 Å². The number of carbonyl (C=O) groups excluding carboxylic acids is 4. The van der Waals surface area contributed by atoms with Gasteiger partial charge in [0.25, 0.3) is 0 Å². The maximum absolute atomic E-state index is 12.3. The van der Waals surface area contributed by atoms with E-state index in [0.29, 0.717) is 44.8 Å². The number of fused-ring (bicyclic) bond motifs is 2. The van der Waals surface area contributed by atoms with Crippen molar-refractivity contribution in [2.24, 2.45) is 0 Å². The Bertz CT molecular complexity index is 1470. The van der Waals surface area contributed by atoms with E-state index in [9.17, 15) is 29.4 Å². The van der Waals surface area contributed by atoms with Gasteiger partial charge < -0.3 is 10.2 Å². The zero-order valence-electron chi connectivity index (χ0n) is 20.9. The molecule has 39 heavy (non-hydrogen) atoms. The molecule has 4 aromatic carbocycles. The summed E-state index contributed by atoms with van der Waals surface area (Å²) in [5.74, 6) is -1.20. The second-order valence-electron chi connectivity index (χ2n) is 8.78. The molecule has 0 unspecified atom stereocenters. The number of amides is 4. The van der Waals surface area contributed by atoms with Crippen LogP contribution in [0.25, 0.3) is 0 Å². The number of benzene rings is 4. The second kappa shape index (κ2) is 10.9. The van der Waals surface area contributed by atoms with Crippen molar-refractivity contribution in [3.63, 3.8) is 0 Å². The van der Waals surface area contributed by atoms with Crippen LogP contribution in [0.2, 0.25) is 0 Å². The van der Waals surface area contributed by atoms with Gasteiger partial charge in [0.15, 0.2) is 0 Å². The summed E-state index contributed by atoms with van der Waals surface area (Å²) in [5, 5.41) is 18.8. The van der Waals surface area contributed by atoms with Crippen LogP contribution in [0.3, 0.4) is 0 Å². The van der Waals surface area contributed by atoms with Gasteiger partial charge in [-0.25, -0.2) is 0 Å². The minimum atomic E-state index is -0.356.